The third-order valence-corrected chi connectivity index (χ3v) is 7.18. The standard InChI is InChI=1S/C21H27N3O/c1-20(2)17-9-10-21(20,3)18(11-17)23-19(25)16-12-22-24(14-16)13-15-7-5-4-6-8-15/h4-8,12,14,17-18H,9-11,13H2,1-3H3,(H,23,25). The normalized spacial score (nSPS) is 29.7. The first-order valence-electron chi connectivity index (χ1n) is 9.27. The topological polar surface area (TPSA) is 46.9 Å². The lowest BCUT2D eigenvalue weighted by Crippen LogP contribution is -2.46. The van der Waals surface area contributed by atoms with Crippen molar-refractivity contribution in [1.29, 1.82) is 0 Å². The van der Waals surface area contributed by atoms with Gasteiger partial charge in [-0.15, -0.1) is 0 Å². The molecule has 25 heavy (non-hydrogen) atoms. The van der Waals surface area contributed by atoms with Crippen LogP contribution >= 0.6 is 0 Å². The van der Waals surface area contributed by atoms with E-state index in [1.54, 1.807) is 6.20 Å². The second kappa shape index (κ2) is 5.72. The first-order chi connectivity index (χ1) is 11.9. The van der Waals surface area contributed by atoms with Gasteiger partial charge in [0, 0.05) is 12.2 Å². The van der Waals surface area contributed by atoms with Gasteiger partial charge in [0.05, 0.1) is 18.3 Å². The molecule has 2 saturated carbocycles. The van der Waals surface area contributed by atoms with E-state index in [0.29, 0.717) is 17.5 Å². The molecule has 4 nitrogen and oxygen atoms in total. The quantitative estimate of drug-likeness (QED) is 0.920. The zero-order chi connectivity index (χ0) is 17.7. The van der Waals surface area contributed by atoms with Gasteiger partial charge in [0.1, 0.15) is 0 Å². The van der Waals surface area contributed by atoms with Crippen LogP contribution in [0.3, 0.4) is 0 Å². The average Bonchev–Trinajstić information content (AvgIpc) is 3.19. The Morgan fingerprint density at radius 3 is 2.68 bits per heavy atom. The molecule has 0 spiro atoms. The minimum Gasteiger partial charge on any atom is -0.349 e. The Bertz CT molecular complexity index is 779. The predicted octanol–water partition coefficient (Wildman–Crippen LogP) is 3.88. The van der Waals surface area contributed by atoms with Gasteiger partial charge in [-0.05, 0) is 41.6 Å². The Hall–Kier alpha value is -2.10. The summed E-state index contributed by atoms with van der Waals surface area (Å²) in [7, 11) is 0. The van der Waals surface area contributed by atoms with Crippen molar-refractivity contribution in [2.45, 2.75) is 52.6 Å². The minimum atomic E-state index is 0.00823. The summed E-state index contributed by atoms with van der Waals surface area (Å²) in [5.41, 5.74) is 2.34. The van der Waals surface area contributed by atoms with Crippen molar-refractivity contribution in [3.05, 3.63) is 53.9 Å². The molecule has 1 aromatic carbocycles. The largest absolute Gasteiger partial charge is 0.349 e. The van der Waals surface area contributed by atoms with Gasteiger partial charge in [0.2, 0.25) is 0 Å². The monoisotopic (exact) mass is 337 g/mol. The van der Waals surface area contributed by atoms with Crippen LogP contribution in [0.5, 0.6) is 0 Å². The van der Waals surface area contributed by atoms with Crippen molar-refractivity contribution < 1.29 is 4.79 Å². The van der Waals surface area contributed by atoms with Crippen molar-refractivity contribution in [1.82, 2.24) is 15.1 Å². The summed E-state index contributed by atoms with van der Waals surface area (Å²) < 4.78 is 1.83. The number of benzene rings is 1. The molecule has 2 aliphatic rings. The van der Waals surface area contributed by atoms with Gasteiger partial charge >= 0.3 is 0 Å². The highest BCUT2D eigenvalue weighted by molar-refractivity contribution is 5.94. The summed E-state index contributed by atoms with van der Waals surface area (Å²) in [4.78, 5) is 12.7. The molecule has 1 N–H and O–H groups in total. The van der Waals surface area contributed by atoms with E-state index in [1.165, 1.54) is 18.4 Å². The van der Waals surface area contributed by atoms with Gasteiger partial charge in [-0.1, -0.05) is 51.1 Å². The lowest BCUT2D eigenvalue weighted by atomic mass is 9.69. The number of hydrogen-bond acceptors (Lipinski definition) is 2. The molecule has 1 heterocycles. The van der Waals surface area contributed by atoms with E-state index >= 15 is 0 Å². The zero-order valence-corrected chi connectivity index (χ0v) is 15.3. The van der Waals surface area contributed by atoms with E-state index in [0.717, 1.165) is 12.3 Å². The highest BCUT2D eigenvalue weighted by Crippen LogP contribution is 2.65. The summed E-state index contributed by atoms with van der Waals surface area (Å²) >= 11 is 0. The zero-order valence-electron chi connectivity index (χ0n) is 15.3. The SMILES string of the molecule is CC1(C)C2CCC1(C)C(NC(=O)c1cnn(Cc3ccccc3)c1)C2. The van der Waals surface area contributed by atoms with Crippen LogP contribution < -0.4 is 5.32 Å². The number of amides is 1. The smallest absolute Gasteiger partial charge is 0.254 e. The van der Waals surface area contributed by atoms with Crippen molar-refractivity contribution >= 4 is 5.91 Å². The molecule has 3 atom stereocenters. The van der Waals surface area contributed by atoms with Crippen LogP contribution in [0.25, 0.3) is 0 Å². The molecule has 4 rings (SSSR count). The predicted molar refractivity (Wildman–Crippen MR) is 98.3 cm³/mol. The lowest BCUT2D eigenvalue weighted by Gasteiger charge is -2.39. The molecule has 0 aliphatic heterocycles. The molecule has 0 saturated heterocycles. The van der Waals surface area contributed by atoms with Gasteiger partial charge < -0.3 is 5.32 Å². The fraction of sp³-hybridized carbons (Fsp3) is 0.524. The highest BCUT2D eigenvalue weighted by atomic mass is 16.1. The van der Waals surface area contributed by atoms with Gasteiger partial charge in [0.15, 0.2) is 0 Å². The van der Waals surface area contributed by atoms with Crippen LogP contribution in [-0.2, 0) is 6.54 Å². The van der Waals surface area contributed by atoms with Gasteiger partial charge in [-0.25, -0.2) is 0 Å². The molecule has 2 aromatic rings. The number of nitrogens with one attached hydrogen (secondary N) is 1. The Morgan fingerprint density at radius 2 is 2.04 bits per heavy atom. The first kappa shape index (κ1) is 16.4. The Labute approximate surface area is 149 Å². The number of hydrogen-bond donors (Lipinski definition) is 1. The number of aromatic nitrogens is 2. The molecule has 132 valence electrons. The van der Waals surface area contributed by atoms with Crippen LogP contribution in [-0.4, -0.2) is 21.7 Å². The Kier molecular flexibility index (Phi) is 3.75. The van der Waals surface area contributed by atoms with Crippen molar-refractivity contribution in [2.24, 2.45) is 16.7 Å². The van der Waals surface area contributed by atoms with E-state index in [1.807, 2.05) is 29.1 Å². The number of carbonyl (C=O) groups is 1. The fourth-order valence-electron chi connectivity index (χ4n) is 5.00. The number of rotatable bonds is 4. The minimum absolute atomic E-state index is 0.00823. The molecule has 2 bridgehead atoms. The maximum Gasteiger partial charge on any atom is 0.254 e. The highest BCUT2D eigenvalue weighted by Gasteiger charge is 2.61. The van der Waals surface area contributed by atoms with E-state index < -0.39 is 0 Å². The van der Waals surface area contributed by atoms with Gasteiger partial charge in [-0.2, -0.15) is 5.10 Å². The molecule has 1 amide bonds. The molecular formula is C21H27N3O. The third kappa shape index (κ3) is 2.59. The van der Waals surface area contributed by atoms with E-state index in [4.69, 9.17) is 0 Å². The Balaban J connectivity index is 1.44. The van der Waals surface area contributed by atoms with Gasteiger partial charge in [0.25, 0.3) is 5.91 Å². The van der Waals surface area contributed by atoms with Crippen LogP contribution in [0.15, 0.2) is 42.7 Å². The first-order valence-corrected chi connectivity index (χ1v) is 9.27. The maximum absolute atomic E-state index is 12.7. The molecular weight excluding hydrogens is 310 g/mol. The molecule has 3 unspecified atom stereocenters. The summed E-state index contributed by atoms with van der Waals surface area (Å²) in [6.45, 7) is 7.78. The molecule has 1 aromatic heterocycles. The van der Waals surface area contributed by atoms with E-state index in [9.17, 15) is 4.79 Å². The molecule has 2 fully saturated rings. The van der Waals surface area contributed by atoms with Crippen LogP contribution in [0, 0.1) is 16.7 Å². The van der Waals surface area contributed by atoms with E-state index in [-0.39, 0.29) is 17.4 Å². The number of carbonyl (C=O) groups excluding carboxylic acids is 1. The lowest BCUT2D eigenvalue weighted by molar-refractivity contribution is 0.0826. The average molecular weight is 337 g/mol. The van der Waals surface area contributed by atoms with Crippen LogP contribution in [0.2, 0.25) is 0 Å². The number of nitrogens with zero attached hydrogens (tertiary/aromatic N) is 2. The third-order valence-electron chi connectivity index (χ3n) is 7.18. The van der Waals surface area contributed by atoms with Crippen molar-refractivity contribution in [2.75, 3.05) is 0 Å². The van der Waals surface area contributed by atoms with Crippen molar-refractivity contribution in [3.8, 4) is 0 Å². The maximum atomic E-state index is 12.7. The summed E-state index contributed by atoms with van der Waals surface area (Å²) in [6.07, 6.45) is 7.14. The Morgan fingerprint density at radius 1 is 1.28 bits per heavy atom. The summed E-state index contributed by atoms with van der Waals surface area (Å²) in [5.74, 6) is 0.734. The fourth-order valence-corrected chi connectivity index (χ4v) is 5.00. The molecule has 0 radical (unpaired) electrons. The van der Waals surface area contributed by atoms with Crippen LogP contribution in [0.4, 0.5) is 0 Å². The molecule has 2 aliphatic carbocycles. The second-order valence-corrected chi connectivity index (χ2v) is 8.55. The molecule has 4 heteroatoms. The van der Waals surface area contributed by atoms with Crippen LogP contribution in [0.1, 0.15) is 56.0 Å². The summed E-state index contributed by atoms with van der Waals surface area (Å²) in [5, 5.41) is 7.66. The van der Waals surface area contributed by atoms with Crippen molar-refractivity contribution in [3.63, 3.8) is 0 Å². The second-order valence-electron chi connectivity index (χ2n) is 8.55. The summed E-state index contributed by atoms with van der Waals surface area (Å²) in [6, 6.07) is 10.4. The van der Waals surface area contributed by atoms with E-state index in [2.05, 4.69) is 43.3 Å². The number of fused-ring (bicyclic) bond motifs is 2. The van der Waals surface area contributed by atoms with Gasteiger partial charge in [-0.3, -0.25) is 9.48 Å².